The Labute approximate surface area is 157 Å². The number of aryl methyl sites for hydroxylation is 1. The summed E-state index contributed by atoms with van der Waals surface area (Å²) in [4.78, 5) is 26.4. The maximum Gasteiger partial charge on any atom is 0.308 e. The van der Waals surface area contributed by atoms with E-state index in [-0.39, 0.29) is 24.9 Å². The van der Waals surface area contributed by atoms with Crippen LogP contribution in [0.3, 0.4) is 0 Å². The van der Waals surface area contributed by atoms with Gasteiger partial charge in [-0.05, 0) is 30.0 Å². The summed E-state index contributed by atoms with van der Waals surface area (Å²) >= 11 is 0. The Morgan fingerprint density at radius 3 is 2.48 bits per heavy atom. The molecule has 2 atom stereocenters. The Bertz CT molecular complexity index is 993. The molecule has 1 N–H and O–H groups in total. The van der Waals surface area contributed by atoms with Crippen molar-refractivity contribution in [1.29, 1.82) is 0 Å². The maximum atomic E-state index is 13.0. The van der Waals surface area contributed by atoms with E-state index in [9.17, 15) is 14.7 Å². The molecule has 27 heavy (non-hydrogen) atoms. The number of hydrogen-bond acceptors (Lipinski definition) is 2. The van der Waals surface area contributed by atoms with Gasteiger partial charge in [0, 0.05) is 30.2 Å². The zero-order valence-corrected chi connectivity index (χ0v) is 15.2. The molecule has 3 aromatic rings. The first-order valence-electron chi connectivity index (χ1n) is 9.15. The number of para-hydroxylation sites is 1. The molecule has 138 valence electrons. The Morgan fingerprint density at radius 2 is 1.74 bits per heavy atom. The number of carbonyl (C=O) groups excluding carboxylic acids is 1. The summed E-state index contributed by atoms with van der Waals surface area (Å²) in [5, 5.41) is 10.7. The number of nitrogens with zero attached hydrogens (tertiary/aromatic N) is 2. The zero-order chi connectivity index (χ0) is 19.0. The van der Waals surface area contributed by atoms with E-state index in [4.69, 9.17) is 0 Å². The van der Waals surface area contributed by atoms with Crippen molar-refractivity contribution in [3.63, 3.8) is 0 Å². The van der Waals surface area contributed by atoms with Crippen molar-refractivity contribution in [2.24, 2.45) is 5.92 Å². The highest BCUT2D eigenvalue weighted by Crippen LogP contribution is 2.33. The van der Waals surface area contributed by atoms with E-state index in [0.29, 0.717) is 6.54 Å². The van der Waals surface area contributed by atoms with Gasteiger partial charge in [0.15, 0.2) is 0 Å². The smallest absolute Gasteiger partial charge is 0.308 e. The third-order valence-corrected chi connectivity index (χ3v) is 5.53. The molecule has 1 aromatic heterocycles. The van der Waals surface area contributed by atoms with E-state index >= 15 is 0 Å². The summed E-state index contributed by atoms with van der Waals surface area (Å²) in [7, 11) is 0. The van der Waals surface area contributed by atoms with Gasteiger partial charge in [0.2, 0.25) is 5.91 Å². The quantitative estimate of drug-likeness (QED) is 0.775. The standard InChI is InChI=1S/C22H22N2O3/c1-15-11-17-9-5-6-10-20(17)24(15)14-21(25)23-12-18(19(13-23)22(26)27)16-7-3-2-4-8-16/h2-11,18-19H,12-14H2,1H3,(H,26,27). The highest BCUT2D eigenvalue weighted by molar-refractivity contribution is 5.85. The van der Waals surface area contributed by atoms with Gasteiger partial charge in [0.1, 0.15) is 6.54 Å². The summed E-state index contributed by atoms with van der Waals surface area (Å²) in [6.45, 7) is 2.92. The largest absolute Gasteiger partial charge is 0.481 e. The van der Waals surface area contributed by atoms with Crippen LogP contribution >= 0.6 is 0 Å². The third-order valence-electron chi connectivity index (χ3n) is 5.53. The van der Waals surface area contributed by atoms with Crippen molar-refractivity contribution < 1.29 is 14.7 Å². The minimum Gasteiger partial charge on any atom is -0.481 e. The van der Waals surface area contributed by atoms with E-state index in [1.807, 2.05) is 66.1 Å². The van der Waals surface area contributed by atoms with Gasteiger partial charge >= 0.3 is 5.97 Å². The number of hydrogen-bond donors (Lipinski definition) is 1. The molecular formula is C22H22N2O3. The second-order valence-corrected chi connectivity index (χ2v) is 7.19. The predicted molar refractivity (Wildman–Crippen MR) is 104 cm³/mol. The number of likely N-dealkylation sites (tertiary alicyclic amines) is 1. The lowest BCUT2D eigenvalue weighted by Gasteiger charge is -2.18. The molecule has 0 spiro atoms. The van der Waals surface area contributed by atoms with E-state index in [2.05, 4.69) is 6.07 Å². The second-order valence-electron chi connectivity index (χ2n) is 7.19. The molecule has 2 heterocycles. The molecule has 1 amide bonds. The van der Waals surface area contributed by atoms with Crippen LogP contribution in [0.15, 0.2) is 60.7 Å². The average Bonchev–Trinajstić information content (AvgIpc) is 3.25. The van der Waals surface area contributed by atoms with Crippen molar-refractivity contribution in [3.8, 4) is 0 Å². The van der Waals surface area contributed by atoms with Crippen LogP contribution in [0.1, 0.15) is 17.2 Å². The summed E-state index contributed by atoms with van der Waals surface area (Å²) < 4.78 is 2.00. The van der Waals surface area contributed by atoms with Crippen LogP contribution in [0.4, 0.5) is 0 Å². The number of rotatable bonds is 4. The Morgan fingerprint density at radius 1 is 1.04 bits per heavy atom. The molecule has 1 aliphatic rings. The first-order chi connectivity index (χ1) is 13.0. The number of aromatic nitrogens is 1. The Balaban J connectivity index is 1.57. The lowest BCUT2D eigenvalue weighted by molar-refractivity contribution is -0.141. The molecule has 4 rings (SSSR count). The van der Waals surface area contributed by atoms with Crippen LogP contribution < -0.4 is 0 Å². The van der Waals surface area contributed by atoms with Gasteiger partial charge < -0.3 is 14.6 Å². The van der Waals surface area contributed by atoms with E-state index in [1.165, 1.54) is 0 Å². The lowest BCUT2D eigenvalue weighted by Crippen LogP contribution is -2.33. The molecule has 0 bridgehead atoms. The van der Waals surface area contributed by atoms with Crippen molar-refractivity contribution in [3.05, 3.63) is 71.9 Å². The van der Waals surface area contributed by atoms with E-state index < -0.39 is 11.9 Å². The summed E-state index contributed by atoms with van der Waals surface area (Å²) in [6, 6.07) is 19.7. The number of carbonyl (C=O) groups is 2. The third kappa shape index (κ3) is 3.21. The van der Waals surface area contributed by atoms with Crippen LogP contribution in [-0.2, 0) is 16.1 Å². The SMILES string of the molecule is Cc1cc2ccccc2n1CC(=O)N1CC(C(=O)O)C(c2ccccc2)C1. The summed E-state index contributed by atoms with van der Waals surface area (Å²) in [6.07, 6.45) is 0. The molecular weight excluding hydrogens is 340 g/mol. The molecule has 2 aromatic carbocycles. The number of carboxylic acid groups (broad SMARTS) is 1. The highest BCUT2D eigenvalue weighted by Gasteiger charge is 2.40. The molecule has 1 saturated heterocycles. The first kappa shape index (κ1) is 17.3. The minimum absolute atomic E-state index is 0.0378. The van der Waals surface area contributed by atoms with E-state index in [0.717, 1.165) is 22.2 Å². The maximum absolute atomic E-state index is 13.0. The van der Waals surface area contributed by atoms with Crippen LogP contribution in [0.5, 0.6) is 0 Å². The monoisotopic (exact) mass is 362 g/mol. The number of amides is 1. The van der Waals surface area contributed by atoms with Crippen LogP contribution in [0.2, 0.25) is 0 Å². The van der Waals surface area contributed by atoms with Gasteiger partial charge in [-0.1, -0.05) is 48.5 Å². The molecule has 1 fully saturated rings. The normalized spacial score (nSPS) is 19.5. The molecule has 5 heteroatoms. The fourth-order valence-electron chi connectivity index (χ4n) is 4.09. The second kappa shape index (κ2) is 6.91. The van der Waals surface area contributed by atoms with Crippen molar-refractivity contribution in [1.82, 2.24) is 9.47 Å². The zero-order valence-electron chi connectivity index (χ0n) is 15.2. The topological polar surface area (TPSA) is 62.5 Å². The van der Waals surface area contributed by atoms with Gasteiger partial charge in [-0.2, -0.15) is 0 Å². The molecule has 5 nitrogen and oxygen atoms in total. The van der Waals surface area contributed by atoms with Crippen LogP contribution in [0.25, 0.3) is 10.9 Å². The number of carboxylic acids is 1. The van der Waals surface area contributed by atoms with Crippen molar-refractivity contribution >= 4 is 22.8 Å². The fourth-order valence-corrected chi connectivity index (χ4v) is 4.09. The van der Waals surface area contributed by atoms with Gasteiger partial charge in [0.25, 0.3) is 0 Å². The van der Waals surface area contributed by atoms with Gasteiger partial charge in [-0.25, -0.2) is 0 Å². The molecule has 0 saturated carbocycles. The van der Waals surface area contributed by atoms with Gasteiger partial charge in [-0.15, -0.1) is 0 Å². The molecule has 0 radical (unpaired) electrons. The Hall–Kier alpha value is -3.08. The predicted octanol–water partition coefficient (Wildman–Crippen LogP) is 3.28. The van der Waals surface area contributed by atoms with Crippen LogP contribution in [-0.4, -0.2) is 39.5 Å². The fraction of sp³-hybridized carbons (Fsp3) is 0.273. The number of aliphatic carboxylic acids is 1. The lowest BCUT2D eigenvalue weighted by atomic mass is 9.89. The van der Waals surface area contributed by atoms with Gasteiger partial charge in [-0.3, -0.25) is 9.59 Å². The Kier molecular flexibility index (Phi) is 4.44. The van der Waals surface area contributed by atoms with Gasteiger partial charge in [0.05, 0.1) is 5.92 Å². The number of fused-ring (bicyclic) bond motifs is 1. The summed E-state index contributed by atoms with van der Waals surface area (Å²) in [5.74, 6) is -1.63. The first-order valence-corrected chi connectivity index (χ1v) is 9.15. The highest BCUT2D eigenvalue weighted by atomic mass is 16.4. The van der Waals surface area contributed by atoms with Crippen molar-refractivity contribution in [2.75, 3.05) is 13.1 Å². The van der Waals surface area contributed by atoms with E-state index in [1.54, 1.807) is 4.90 Å². The molecule has 2 unspecified atom stereocenters. The molecule has 1 aliphatic heterocycles. The van der Waals surface area contributed by atoms with Crippen LogP contribution in [0, 0.1) is 12.8 Å². The molecule has 0 aliphatic carbocycles. The number of benzene rings is 2. The van der Waals surface area contributed by atoms with Crippen molar-refractivity contribution in [2.45, 2.75) is 19.4 Å². The average molecular weight is 362 g/mol. The minimum atomic E-state index is -0.846. The summed E-state index contributed by atoms with van der Waals surface area (Å²) in [5.41, 5.74) is 3.03.